The molecule has 196 valence electrons. The van der Waals surface area contributed by atoms with Crippen molar-refractivity contribution in [1.29, 1.82) is 0 Å². The Balaban J connectivity index is 1.89. The standard InChI is InChI=1S/C26H44N6O3/c1-25(2,28-4)24(33)31-14-15-32-22(17-31)23(21(29-32)16-30(5)13-12-27-3)20-8-10-26(11-9-20,18-34-6)19-35-7/h20,27H,8-19H2,1-3,5-7H3. The van der Waals surface area contributed by atoms with Crippen molar-refractivity contribution in [2.45, 2.75) is 70.6 Å². The maximum atomic E-state index is 13.1. The van der Waals surface area contributed by atoms with Gasteiger partial charge in [-0.15, -0.1) is 0 Å². The van der Waals surface area contributed by atoms with Crippen molar-refractivity contribution in [3.05, 3.63) is 28.4 Å². The Morgan fingerprint density at radius 3 is 2.49 bits per heavy atom. The van der Waals surface area contributed by atoms with Crippen LogP contribution in [0.5, 0.6) is 0 Å². The molecular formula is C26H44N6O3. The Hall–Kier alpha value is -1.99. The lowest BCUT2D eigenvalue weighted by molar-refractivity contribution is -0.136. The van der Waals surface area contributed by atoms with Crippen LogP contribution >= 0.6 is 0 Å². The van der Waals surface area contributed by atoms with Crippen molar-refractivity contribution in [3.8, 4) is 0 Å². The summed E-state index contributed by atoms with van der Waals surface area (Å²) in [4.78, 5) is 20.9. The normalized spacial score (nSPS) is 18.5. The number of aromatic nitrogens is 2. The van der Waals surface area contributed by atoms with Gasteiger partial charge in [0.15, 0.2) is 0 Å². The summed E-state index contributed by atoms with van der Waals surface area (Å²) < 4.78 is 13.3. The van der Waals surface area contributed by atoms with Crippen LogP contribution in [0.3, 0.4) is 0 Å². The van der Waals surface area contributed by atoms with E-state index in [0.29, 0.717) is 38.8 Å². The Labute approximate surface area is 210 Å². The predicted molar refractivity (Wildman–Crippen MR) is 136 cm³/mol. The highest BCUT2D eigenvalue weighted by molar-refractivity contribution is 5.87. The van der Waals surface area contributed by atoms with Crippen molar-refractivity contribution in [3.63, 3.8) is 0 Å². The van der Waals surface area contributed by atoms with Gasteiger partial charge in [-0.25, -0.2) is 6.57 Å². The van der Waals surface area contributed by atoms with Gasteiger partial charge in [0.2, 0.25) is 0 Å². The van der Waals surface area contributed by atoms with Crippen LogP contribution in [0.4, 0.5) is 0 Å². The number of fused-ring (bicyclic) bond motifs is 1. The Bertz CT molecular complexity index is 890. The molecule has 9 nitrogen and oxygen atoms in total. The van der Waals surface area contributed by atoms with Crippen LogP contribution in [0.25, 0.3) is 4.85 Å². The van der Waals surface area contributed by atoms with Gasteiger partial charge in [-0.05, 0) is 45.7 Å². The molecule has 1 aromatic heterocycles. The number of rotatable bonds is 11. The molecule has 1 N–H and O–H groups in total. The van der Waals surface area contributed by atoms with E-state index in [4.69, 9.17) is 21.1 Å². The number of methoxy groups -OCH3 is 2. The van der Waals surface area contributed by atoms with Gasteiger partial charge in [0, 0.05) is 65.2 Å². The van der Waals surface area contributed by atoms with Crippen molar-refractivity contribution in [1.82, 2.24) is 24.9 Å². The summed E-state index contributed by atoms with van der Waals surface area (Å²) >= 11 is 0. The van der Waals surface area contributed by atoms with Crippen LogP contribution < -0.4 is 5.32 Å². The van der Waals surface area contributed by atoms with E-state index in [2.05, 4.69) is 26.8 Å². The van der Waals surface area contributed by atoms with E-state index >= 15 is 0 Å². The molecule has 3 rings (SSSR count). The number of ether oxygens (including phenoxy) is 2. The molecule has 1 aliphatic heterocycles. The maximum Gasteiger partial charge on any atom is 0.308 e. The van der Waals surface area contributed by atoms with Gasteiger partial charge in [0.05, 0.1) is 37.7 Å². The van der Waals surface area contributed by atoms with Crippen LogP contribution in [0.2, 0.25) is 0 Å². The minimum Gasteiger partial charge on any atom is -0.384 e. The molecule has 0 bridgehead atoms. The molecule has 9 heteroatoms. The first-order valence-electron chi connectivity index (χ1n) is 12.8. The summed E-state index contributed by atoms with van der Waals surface area (Å²) in [6, 6.07) is 0. The number of carbonyl (C=O) groups is 1. The van der Waals surface area contributed by atoms with Crippen molar-refractivity contribution in [2.24, 2.45) is 5.41 Å². The first kappa shape index (κ1) is 27.6. The van der Waals surface area contributed by atoms with Crippen molar-refractivity contribution < 1.29 is 14.3 Å². The quantitative estimate of drug-likeness (QED) is 0.483. The third-order valence-electron chi connectivity index (χ3n) is 7.71. The molecule has 0 radical (unpaired) electrons. The lowest BCUT2D eigenvalue weighted by Crippen LogP contribution is -2.47. The van der Waals surface area contributed by atoms with Crippen LogP contribution in [0, 0.1) is 12.0 Å². The second kappa shape index (κ2) is 11.8. The first-order valence-corrected chi connectivity index (χ1v) is 12.8. The molecule has 1 aromatic rings. The minimum absolute atomic E-state index is 0.0681. The zero-order valence-corrected chi connectivity index (χ0v) is 22.5. The molecule has 1 saturated carbocycles. The monoisotopic (exact) mass is 488 g/mol. The van der Waals surface area contributed by atoms with Gasteiger partial charge >= 0.3 is 11.4 Å². The Kier molecular flexibility index (Phi) is 9.33. The van der Waals surface area contributed by atoms with Crippen LogP contribution in [-0.4, -0.2) is 92.2 Å². The highest BCUT2D eigenvalue weighted by Crippen LogP contribution is 2.45. The maximum absolute atomic E-state index is 13.1. The fraction of sp³-hybridized carbons (Fsp3) is 0.808. The second-order valence-electron chi connectivity index (χ2n) is 10.9. The van der Waals surface area contributed by atoms with Gasteiger partial charge in [0.25, 0.3) is 0 Å². The zero-order valence-electron chi connectivity index (χ0n) is 22.5. The van der Waals surface area contributed by atoms with E-state index in [0.717, 1.165) is 56.7 Å². The van der Waals surface area contributed by atoms with Gasteiger partial charge in [-0.3, -0.25) is 14.4 Å². The summed E-state index contributed by atoms with van der Waals surface area (Å²) in [5.74, 6) is 0.304. The number of nitrogens with one attached hydrogen (secondary N) is 1. The largest absolute Gasteiger partial charge is 0.384 e. The summed E-state index contributed by atoms with van der Waals surface area (Å²) in [5.41, 5.74) is 2.64. The molecule has 35 heavy (non-hydrogen) atoms. The SMILES string of the molecule is [C-]#[N+]C(C)(C)C(=O)N1CCn2nc(CN(C)CCNC)c(C3CCC(COC)(COC)CC3)c2C1. The van der Waals surface area contributed by atoms with Gasteiger partial charge < -0.3 is 24.5 Å². The number of carbonyl (C=O) groups excluding carboxylic acids is 1. The number of likely N-dealkylation sites (N-methyl/N-ethyl adjacent to an activating group) is 2. The molecule has 0 unspecified atom stereocenters. The van der Waals surface area contributed by atoms with E-state index < -0.39 is 5.54 Å². The van der Waals surface area contributed by atoms with E-state index in [1.54, 1.807) is 28.1 Å². The Morgan fingerprint density at radius 1 is 1.26 bits per heavy atom. The second-order valence-corrected chi connectivity index (χ2v) is 10.9. The molecule has 1 aliphatic carbocycles. The number of hydrogen-bond acceptors (Lipinski definition) is 6. The van der Waals surface area contributed by atoms with E-state index in [1.807, 2.05) is 11.9 Å². The third kappa shape index (κ3) is 6.23. The fourth-order valence-electron chi connectivity index (χ4n) is 5.69. The highest BCUT2D eigenvalue weighted by Gasteiger charge is 2.42. The first-order chi connectivity index (χ1) is 16.7. The van der Waals surface area contributed by atoms with Gasteiger partial charge in [0.1, 0.15) is 0 Å². The van der Waals surface area contributed by atoms with E-state index in [1.165, 1.54) is 5.56 Å². The average Bonchev–Trinajstić information content (AvgIpc) is 3.20. The molecule has 0 aromatic carbocycles. The fourth-order valence-corrected chi connectivity index (χ4v) is 5.69. The third-order valence-corrected chi connectivity index (χ3v) is 7.71. The molecule has 0 atom stereocenters. The van der Waals surface area contributed by atoms with Gasteiger partial charge in [-0.1, -0.05) is 0 Å². The molecule has 0 saturated heterocycles. The van der Waals surface area contributed by atoms with E-state index in [-0.39, 0.29) is 11.3 Å². The van der Waals surface area contributed by atoms with Gasteiger partial charge in [-0.2, -0.15) is 5.10 Å². The molecular weight excluding hydrogens is 444 g/mol. The lowest BCUT2D eigenvalue weighted by Gasteiger charge is -2.40. The molecule has 1 amide bonds. The minimum atomic E-state index is -1.04. The predicted octanol–water partition coefficient (Wildman–Crippen LogP) is 2.51. The summed E-state index contributed by atoms with van der Waals surface area (Å²) in [6.45, 7) is 16.8. The molecule has 1 fully saturated rings. The van der Waals surface area contributed by atoms with Crippen molar-refractivity contribution >= 4 is 5.91 Å². The van der Waals surface area contributed by atoms with Crippen LogP contribution in [0.1, 0.15) is 62.4 Å². The molecule has 0 spiro atoms. The number of nitrogens with zero attached hydrogens (tertiary/aromatic N) is 5. The number of amides is 1. The smallest absolute Gasteiger partial charge is 0.308 e. The highest BCUT2D eigenvalue weighted by atomic mass is 16.5. The Morgan fingerprint density at radius 2 is 1.91 bits per heavy atom. The summed E-state index contributed by atoms with van der Waals surface area (Å²) in [5, 5.41) is 8.29. The topological polar surface area (TPSA) is 76.2 Å². The molecule has 2 aliphatic rings. The summed E-state index contributed by atoms with van der Waals surface area (Å²) in [7, 11) is 7.65. The van der Waals surface area contributed by atoms with E-state index in [9.17, 15) is 4.79 Å². The lowest BCUT2D eigenvalue weighted by atomic mass is 9.69. The zero-order chi connectivity index (χ0) is 25.6. The van der Waals surface area contributed by atoms with Crippen molar-refractivity contribution in [2.75, 3.05) is 61.2 Å². The summed E-state index contributed by atoms with van der Waals surface area (Å²) in [6.07, 6.45) is 4.21. The van der Waals surface area contributed by atoms with Crippen LogP contribution in [0.15, 0.2) is 0 Å². The average molecular weight is 489 g/mol. The molecule has 2 heterocycles. The van der Waals surface area contributed by atoms with Crippen LogP contribution in [-0.2, 0) is 33.9 Å². The number of hydrogen-bond donors (Lipinski definition) is 1.